The number of nitro benzene ring substituents is 1. The standard InChI is InChI=1S/C13H11BrN2O2S/c14-10-3-6-12(15)13(7-10)19-8-9-1-4-11(5-2-9)16(17)18/h1-7H,8,15H2. The molecule has 0 spiro atoms. The Balaban J connectivity index is 2.06. The molecular formula is C13H11BrN2O2S. The number of nitrogens with two attached hydrogens (primary N) is 1. The molecule has 0 heterocycles. The summed E-state index contributed by atoms with van der Waals surface area (Å²) in [6.07, 6.45) is 0. The van der Waals surface area contributed by atoms with Crippen molar-refractivity contribution in [2.45, 2.75) is 10.6 Å². The minimum Gasteiger partial charge on any atom is -0.398 e. The molecule has 0 fully saturated rings. The molecular weight excluding hydrogens is 328 g/mol. The third kappa shape index (κ3) is 3.71. The van der Waals surface area contributed by atoms with Crippen LogP contribution in [0.2, 0.25) is 0 Å². The highest BCUT2D eigenvalue weighted by Crippen LogP contribution is 2.31. The van der Waals surface area contributed by atoms with Crippen LogP contribution in [0.4, 0.5) is 11.4 Å². The number of nitrogens with zero attached hydrogens (tertiary/aromatic N) is 1. The van der Waals surface area contributed by atoms with Crippen molar-refractivity contribution in [2.75, 3.05) is 5.73 Å². The second kappa shape index (κ2) is 6.08. The van der Waals surface area contributed by atoms with Crippen LogP contribution in [0.5, 0.6) is 0 Å². The van der Waals surface area contributed by atoms with Gasteiger partial charge in [-0.25, -0.2) is 0 Å². The number of halogens is 1. The van der Waals surface area contributed by atoms with Gasteiger partial charge in [-0.05, 0) is 23.8 Å². The van der Waals surface area contributed by atoms with E-state index in [-0.39, 0.29) is 5.69 Å². The normalized spacial score (nSPS) is 10.4. The Hall–Kier alpha value is -1.53. The zero-order valence-electron chi connectivity index (χ0n) is 9.88. The lowest BCUT2D eigenvalue weighted by atomic mass is 10.2. The quantitative estimate of drug-likeness (QED) is 0.392. The lowest BCUT2D eigenvalue weighted by Gasteiger charge is -2.06. The first kappa shape index (κ1) is 13.9. The number of rotatable bonds is 4. The first-order chi connectivity index (χ1) is 9.06. The fourth-order valence-corrected chi connectivity index (χ4v) is 2.98. The SMILES string of the molecule is Nc1ccc(Br)cc1SCc1ccc([N+](=O)[O-])cc1. The number of nitro groups is 1. The molecule has 2 N–H and O–H groups in total. The van der Waals surface area contributed by atoms with Crippen molar-refractivity contribution in [2.24, 2.45) is 0 Å². The van der Waals surface area contributed by atoms with E-state index in [2.05, 4.69) is 15.9 Å². The summed E-state index contributed by atoms with van der Waals surface area (Å²) in [5.74, 6) is 0.721. The fraction of sp³-hybridized carbons (Fsp3) is 0.0769. The first-order valence-electron chi connectivity index (χ1n) is 5.47. The predicted molar refractivity (Wildman–Crippen MR) is 81.2 cm³/mol. The predicted octanol–water partition coefficient (Wildman–Crippen LogP) is 4.23. The van der Waals surface area contributed by atoms with E-state index < -0.39 is 4.92 Å². The highest BCUT2D eigenvalue weighted by Gasteiger charge is 2.05. The van der Waals surface area contributed by atoms with Gasteiger partial charge in [-0.1, -0.05) is 28.1 Å². The Labute approximate surface area is 123 Å². The molecule has 2 aromatic rings. The van der Waals surface area contributed by atoms with E-state index in [1.807, 2.05) is 18.2 Å². The van der Waals surface area contributed by atoms with Gasteiger partial charge >= 0.3 is 0 Å². The summed E-state index contributed by atoms with van der Waals surface area (Å²) in [6, 6.07) is 12.3. The summed E-state index contributed by atoms with van der Waals surface area (Å²) in [5, 5.41) is 10.6. The average Bonchev–Trinajstić information content (AvgIpc) is 2.40. The molecule has 0 saturated heterocycles. The van der Waals surface area contributed by atoms with E-state index >= 15 is 0 Å². The number of thioether (sulfide) groups is 1. The minimum absolute atomic E-state index is 0.107. The Bertz CT molecular complexity index is 602. The maximum atomic E-state index is 10.6. The summed E-state index contributed by atoms with van der Waals surface area (Å²) >= 11 is 5.01. The van der Waals surface area contributed by atoms with E-state index in [1.54, 1.807) is 23.9 Å². The van der Waals surface area contributed by atoms with Crippen LogP contribution < -0.4 is 5.73 Å². The van der Waals surface area contributed by atoms with E-state index in [0.29, 0.717) is 0 Å². The molecule has 0 radical (unpaired) electrons. The zero-order chi connectivity index (χ0) is 13.8. The van der Waals surface area contributed by atoms with Crippen LogP contribution in [-0.4, -0.2) is 4.92 Å². The van der Waals surface area contributed by atoms with E-state index in [9.17, 15) is 10.1 Å². The topological polar surface area (TPSA) is 69.2 Å². The van der Waals surface area contributed by atoms with Gasteiger partial charge < -0.3 is 5.73 Å². The minimum atomic E-state index is -0.400. The number of hydrogen-bond donors (Lipinski definition) is 1. The van der Waals surface area contributed by atoms with E-state index in [1.165, 1.54) is 12.1 Å². The van der Waals surface area contributed by atoms with Crippen LogP contribution in [-0.2, 0) is 5.75 Å². The summed E-state index contributed by atoms with van der Waals surface area (Å²) in [5.41, 5.74) is 7.75. The van der Waals surface area contributed by atoms with Gasteiger partial charge in [0.1, 0.15) is 0 Å². The van der Waals surface area contributed by atoms with Crippen molar-refractivity contribution in [3.8, 4) is 0 Å². The smallest absolute Gasteiger partial charge is 0.269 e. The van der Waals surface area contributed by atoms with Crippen LogP contribution in [0.3, 0.4) is 0 Å². The van der Waals surface area contributed by atoms with Crippen LogP contribution in [0.15, 0.2) is 51.8 Å². The highest BCUT2D eigenvalue weighted by molar-refractivity contribution is 9.10. The Morgan fingerprint density at radius 3 is 2.53 bits per heavy atom. The lowest BCUT2D eigenvalue weighted by molar-refractivity contribution is -0.384. The molecule has 0 aliphatic carbocycles. The number of hydrogen-bond acceptors (Lipinski definition) is 4. The molecule has 0 unspecified atom stereocenters. The number of anilines is 1. The second-order valence-corrected chi connectivity index (χ2v) is 5.83. The molecule has 19 heavy (non-hydrogen) atoms. The molecule has 0 bridgehead atoms. The molecule has 6 heteroatoms. The van der Waals surface area contributed by atoms with Crippen molar-refractivity contribution >= 4 is 39.1 Å². The highest BCUT2D eigenvalue weighted by atomic mass is 79.9. The van der Waals surface area contributed by atoms with Gasteiger partial charge in [0, 0.05) is 32.9 Å². The third-order valence-corrected chi connectivity index (χ3v) is 4.15. The Kier molecular flexibility index (Phi) is 4.44. The zero-order valence-corrected chi connectivity index (χ0v) is 12.3. The van der Waals surface area contributed by atoms with E-state index in [0.717, 1.165) is 26.4 Å². The van der Waals surface area contributed by atoms with Crippen molar-refractivity contribution in [3.63, 3.8) is 0 Å². The summed E-state index contributed by atoms with van der Waals surface area (Å²) in [6.45, 7) is 0. The van der Waals surface area contributed by atoms with Crippen molar-refractivity contribution in [3.05, 3.63) is 62.6 Å². The number of nitrogen functional groups attached to an aromatic ring is 1. The van der Waals surface area contributed by atoms with Crippen molar-refractivity contribution in [1.82, 2.24) is 0 Å². The molecule has 0 amide bonds. The first-order valence-corrected chi connectivity index (χ1v) is 7.25. The van der Waals surface area contributed by atoms with Crippen molar-refractivity contribution < 1.29 is 4.92 Å². The molecule has 0 saturated carbocycles. The van der Waals surface area contributed by atoms with Gasteiger partial charge in [0.2, 0.25) is 0 Å². The molecule has 2 rings (SSSR count). The molecule has 98 valence electrons. The van der Waals surface area contributed by atoms with Crippen LogP contribution in [0, 0.1) is 10.1 Å². The van der Waals surface area contributed by atoms with Gasteiger partial charge in [-0.15, -0.1) is 11.8 Å². The van der Waals surface area contributed by atoms with Gasteiger partial charge in [0.25, 0.3) is 5.69 Å². The van der Waals surface area contributed by atoms with Gasteiger partial charge in [0.15, 0.2) is 0 Å². The molecule has 0 aliphatic rings. The van der Waals surface area contributed by atoms with Crippen LogP contribution in [0.1, 0.15) is 5.56 Å². The van der Waals surface area contributed by atoms with Gasteiger partial charge in [0.05, 0.1) is 4.92 Å². The molecule has 4 nitrogen and oxygen atoms in total. The molecule has 0 atom stereocenters. The van der Waals surface area contributed by atoms with Gasteiger partial charge in [-0.2, -0.15) is 0 Å². The average molecular weight is 339 g/mol. The summed E-state index contributed by atoms with van der Waals surface area (Å²) < 4.78 is 0.980. The second-order valence-electron chi connectivity index (χ2n) is 3.89. The monoisotopic (exact) mass is 338 g/mol. The number of benzene rings is 2. The van der Waals surface area contributed by atoms with Crippen LogP contribution >= 0.6 is 27.7 Å². The Morgan fingerprint density at radius 1 is 1.21 bits per heavy atom. The maximum absolute atomic E-state index is 10.6. The van der Waals surface area contributed by atoms with Crippen molar-refractivity contribution in [1.29, 1.82) is 0 Å². The molecule has 2 aromatic carbocycles. The van der Waals surface area contributed by atoms with Gasteiger partial charge in [-0.3, -0.25) is 10.1 Å². The Morgan fingerprint density at radius 2 is 1.89 bits per heavy atom. The molecule has 0 aliphatic heterocycles. The lowest BCUT2D eigenvalue weighted by Crippen LogP contribution is -1.90. The largest absolute Gasteiger partial charge is 0.398 e. The number of non-ortho nitro benzene ring substituents is 1. The van der Waals surface area contributed by atoms with E-state index in [4.69, 9.17) is 5.73 Å². The third-order valence-electron chi connectivity index (χ3n) is 2.52. The summed E-state index contributed by atoms with van der Waals surface area (Å²) in [7, 11) is 0. The summed E-state index contributed by atoms with van der Waals surface area (Å²) in [4.78, 5) is 11.1. The fourth-order valence-electron chi connectivity index (χ4n) is 1.51. The van der Waals surface area contributed by atoms with Crippen LogP contribution in [0.25, 0.3) is 0 Å². The maximum Gasteiger partial charge on any atom is 0.269 e. The molecule has 0 aromatic heterocycles.